The summed E-state index contributed by atoms with van der Waals surface area (Å²) in [5.74, 6) is 0. The molecule has 0 aliphatic heterocycles. The molecule has 0 amide bonds. The van der Waals surface area contributed by atoms with E-state index in [1.807, 2.05) is 0 Å². The lowest BCUT2D eigenvalue weighted by Crippen LogP contribution is -2.20. The van der Waals surface area contributed by atoms with Gasteiger partial charge in [0.1, 0.15) is 5.69 Å². The number of halogens is 1. The number of rotatable bonds is 0. The SMILES string of the molecule is Cn1cnc(Cl)c(N)c1=O. The standard InChI is InChI=1S/C5H6ClN3O/c1-9-2-8-4(6)3(7)5(9)10/h2H,7H2,1H3. The summed E-state index contributed by atoms with van der Waals surface area (Å²) < 4.78 is 1.27. The van der Waals surface area contributed by atoms with Crippen molar-refractivity contribution in [1.29, 1.82) is 0 Å². The van der Waals surface area contributed by atoms with Crippen molar-refractivity contribution < 1.29 is 0 Å². The van der Waals surface area contributed by atoms with E-state index in [1.165, 1.54) is 10.9 Å². The van der Waals surface area contributed by atoms with Gasteiger partial charge in [-0.3, -0.25) is 4.79 Å². The molecule has 0 unspecified atom stereocenters. The van der Waals surface area contributed by atoms with Crippen LogP contribution in [0.1, 0.15) is 0 Å². The fourth-order valence-electron chi connectivity index (χ4n) is 0.538. The highest BCUT2D eigenvalue weighted by atomic mass is 35.5. The van der Waals surface area contributed by atoms with Gasteiger partial charge < -0.3 is 10.3 Å². The maximum absolute atomic E-state index is 10.9. The van der Waals surface area contributed by atoms with Crippen molar-refractivity contribution in [3.05, 3.63) is 21.8 Å². The van der Waals surface area contributed by atoms with Gasteiger partial charge in [-0.25, -0.2) is 4.98 Å². The Hall–Kier alpha value is -1.03. The van der Waals surface area contributed by atoms with E-state index in [-0.39, 0.29) is 16.4 Å². The number of hydrogen-bond acceptors (Lipinski definition) is 3. The van der Waals surface area contributed by atoms with Crippen LogP contribution >= 0.6 is 11.6 Å². The van der Waals surface area contributed by atoms with Gasteiger partial charge in [0.25, 0.3) is 5.56 Å². The lowest BCUT2D eigenvalue weighted by Gasteiger charge is -1.97. The Bertz CT molecular complexity index is 306. The van der Waals surface area contributed by atoms with Crippen molar-refractivity contribution in [1.82, 2.24) is 9.55 Å². The Morgan fingerprint density at radius 3 is 2.90 bits per heavy atom. The smallest absolute Gasteiger partial charge is 0.277 e. The monoisotopic (exact) mass is 159 g/mol. The molecule has 10 heavy (non-hydrogen) atoms. The molecule has 0 saturated carbocycles. The zero-order valence-corrected chi connectivity index (χ0v) is 6.09. The molecule has 0 bridgehead atoms. The minimum atomic E-state index is -0.319. The maximum Gasteiger partial charge on any atom is 0.277 e. The van der Waals surface area contributed by atoms with E-state index in [0.717, 1.165) is 0 Å². The van der Waals surface area contributed by atoms with E-state index in [9.17, 15) is 4.79 Å². The van der Waals surface area contributed by atoms with Crippen molar-refractivity contribution in [2.45, 2.75) is 0 Å². The van der Waals surface area contributed by atoms with Crippen molar-refractivity contribution in [2.75, 3.05) is 5.73 Å². The lowest BCUT2D eigenvalue weighted by molar-refractivity contribution is 0.829. The van der Waals surface area contributed by atoms with Gasteiger partial charge in [-0.2, -0.15) is 0 Å². The second-order valence-corrected chi connectivity index (χ2v) is 2.22. The molecule has 0 saturated heterocycles. The molecule has 4 nitrogen and oxygen atoms in total. The van der Waals surface area contributed by atoms with E-state index < -0.39 is 0 Å². The molecule has 0 fully saturated rings. The summed E-state index contributed by atoms with van der Waals surface area (Å²) in [5.41, 5.74) is 4.93. The van der Waals surface area contributed by atoms with Crippen LogP contribution in [-0.4, -0.2) is 9.55 Å². The zero-order chi connectivity index (χ0) is 7.72. The number of nitrogens with two attached hydrogens (primary N) is 1. The van der Waals surface area contributed by atoms with Crippen LogP contribution in [0.3, 0.4) is 0 Å². The van der Waals surface area contributed by atoms with Gasteiger partial charge >= 0.3 is 0 Å². The Balaban J connectivity index is 3.50. The summed E-state index contributed by atoms with van der Waals surface area (Å²) in [4.78, 5) is 14.5. The second-order valence-electron chi connectivity index (χ2n) is 1.87. The van der Waals surface area contributed by atoms with E-state index in [0.29, 0.717) is 0 Å². The average molecular weight is 160 g/mol. The van der Waals surface area contributed by atoms with Gasteiger partial charge in [-0.15, -0.1) is 0 Å². The molecule has 1 rings (SSSR count). The first-order valence-corrected chi connectivity index (χ1v) is 2.97. The van der Waals surface area contributed by atoms with Gasteiger partial charge in [-0.05, 0) is 0 Å². The molecule has 1 aromatic heterocycles. The first kappa shape index (κ1) is 7.08. The van der Waals surface area contributed by atoms with Crippen molar-refractivity contribution >= 4 is 17.3 Å². The van der Waals surface area contributed by atoms with Crippen molar-refractivity contribution in [2.24, 2.45) is 7.05 Å². The van der Waals surface area contributed by atoms with Gasteiger partial charge in [0.2, 0.25) is 0 Å². The van der Waals surface area contributed by atoms with E-state index in [4.69, 9.17) is 17.3 Å². The van der Waals surface area contributed by atoms with Crippen molar-refractivity contribution in [3.63, 3.8) is 0 Å². The molecule has 0 aromatic carbocycles. The van der Waals surface area contributed by atoms with E-state index >= 15 is 0 Å². The third kappa shape index (κ3) is 0.974. The molecular formula is C5H6ClN3O. The van der Waals surface area contributed by atoms with Crippen LogP contribution in [0.15, 0.2) is 11.1 Å². The van der Waals surface area contributed by atoms with Crippen LogP contribution in [0, 0.1) is 0 Å². The fraction of sp³-hybridized carbons (Fsp3) is 0.200. The zero-order valence-electron chi connectivity index (χ0n) is 5.34. The minimum absolute atomic E-state index is 0.00772. The van der Waals surface area contributed by atoms with E-state index in [2.05, 4.69) is 4.98 Å². The van der Waals surface area contributed by atoms with Crippen LogP contribution in [0.5, 0.6) is 0 Å². The first-order chi connectivity index (χ1) is 4.63. The average Bonchev–Trinajstić information content (AvgIpc) is 1.93. The normalized spacial score (nSPS) is 9.80. The van der Waals surface area contributed by atoms with Crippen LogP contribution < -0.4 is 11.3 Å². The molecule has 2 N–H and O–H groups in total. The fourth-order valence-corrected chi connectivity index (χ4v) is 0.662. The topological polar surface area (TPSA) is 60.9 Å². The number of aromatic nitrogens is 2. The van der Waals surface area contributed by atoms with E-state index in [1.54, 1.807) is 7.05 Å². The number of hydrogen-bond donors (Lipinski definition) is 1. The van der Waals surface area contributed by atoms with Gasteiger partial charge in [0, 0.05) is 7.05 Å². The van der Waals surface area contributed by atoms with Crippen LogP contribution in [0.2, 0.25) is 5.15 Å². The molecule has 5 heteroatoms. The Labute approximate surface area is 62.3 Å². The van der Waals surface area contributed by atoms with Gasteiger partial charge in [0.15, 0.2) is 5.15 Å². The minimum Gasteiger partial charge on any atom is -0.392 e. The van der Waals surface area contributed by atoms with Gasteiger partial charge in [0.05, 0.1) is 6.33 Å². The van der Waals surface area contributed by atoms with Crippen LogP contribution in [0.25, 0.3) is 0 Å². The van der Waals surface area contributed by atoms with Crippen molar-refractivity contribution in [3.8, 4) is 0 Å². The largest absolute Gasteiger partial charge is 0.392 e. The first-order valence-electron chi connectivity index (χ1n) is 2.59. The third-order valence-electron chi connectivity index (χ3n) is 1.12. The summed E-state index contributed by atoms with van der Waals surface area (Å²) in [6, 6.07) is 0. The molecule has 0 aliphatic rings. The number of nitrogen functional groups attached to an aromatic ring is 1. The highest BCUT2D eigenvalue weighted by Crippen LogP contribution is 2.06. The lowest BCUT2D eigenvalue weighted by atomic mass is 10.5. The maximum atomic E-state index is 10.9. The quantitative estimate of drug-likeness (QED) is 0.543. The number of aryl methyl sites for hydroxylation is 1. The summed E-state index contributed by atoms with van der Waals surface area (Å²) in [6.07, 6.45) is 1.32. The summed E-state index contributed by atoms with van der Waals surface area (Å²) in [7, 11) is 1.56. The molecule has 54 valence electrons. The number of nitrogens with zero attached hydrogens (tertiary/aromatic N) is 2. The third-order valence-corrected chi connectivity index (χ3v) is 1.42. The predicted molar refractivity (Wildman–Crippen MR) is 38.9 cm³/mol. The molecule has 0 radical (unpaired) electrons. The molecular weight excluding hydrogens is 154 g/mol. The summed E-state index contributed by atoms with van der Waals surface area (Å²) in [6.45, 7) is 0. The molecule has 0 aliphatic carbocycles. The summed E-state index contributed by atoms with van der Waals surface area (Å²) >= 11 is 5.44. The second kappa shape index (κ2) is 2.30. The molecule has 1 aromatic rings. The molecule has 1 heterocycles. The molecule has 0 atom stereocenters. The van der Waals surface area contributed by atoms with Crippen LogP contribution in [0.4, 0.5) is 5.69 Å². The number of anilines is 1. The Kier molecular flexibility index (Phi) is 1.63. The predicted octanol–water partition coefficient (Wildman–Crippen LogP) is 0.0159. The van der Waals surface area contributed by atoms with Crippen LogP contribution in [-0.2, 0) is 7.05 Å². The highest BCUT2D eigenvalue weighted by Gasteiger charge is 2.01. The Morgan fingerprint density at radius 1 is 1.80 bits per heavy atom. The summed E-state index contributed by atoms with van der Waals surface area (Å²) in [5, 5.41) is 0.0584. The Morgan fingerprint density at radius 2 is 2.40 bits per heavy atom. The highest BCUT2D eigenvalue weighted by molar-refractivity contribution is 6.31. The van der Waals surface area contributed by atoms with Gasteiger partial charge in [-0.1, -0.05) is 11.6 Å². The molecule has 0 spiro atoms.